The Kier molecular flexibility index (Phi) is 3.91. The highest BCUT2D eigenvalue weighted by atomic mass is 15.3. The zero-order valence-corrected chi connectivity index (χ0v) is 14.9. The second kappa shape index (κ2) is 6.69. The van der Waals surface area contributed by atoms with Crippen LogP contribution in [0.25, 0.3) is 22.4 Å². The molecule has 0 saturated heterocycles. The van der Waals surface area contributed by atoms with E-state index in [-0.39, 0.29) is 0 Å². The molecule has 1 aromatic heterocycles. The van der Waals surface area contributed by atoms with Crippen molar-refractivity contribution in [1.82, 2.24) is 9.97 Å². The van der Waals surface area contributed by atoms with E-state index in [4.69, 9.17) is 4.98 Å². The van der Waals surface area contributed by atoms with Gasteiger partial charge in [-0.05, 0) is 35.2 Å². The Hall–Kier alpha value is -3.46. The predicted octanol–water partition coefficient (Wildman–Crippen LogP) is 5.50. The number of para-hydroxylation sites is 1. The minimum atomic E-state index is 0.768. The standard InChI is InChI=1S/C24H19N3/c1-2-6-18(7-3-1)19-10-12-20(13-11-19)22-14-16-25-24(26-22)27-17-15-21-8-4-5-9-23(21)27/h1-14,16H,15,17H2. The van der Waals surface area contributed by atoms with Gasteiger partial charge in [0.05, 0.1) is 5.69 Å². The Morgan fingerprint density at radius 3 is 2.22 bits per heavy atom. The summed E-state index contributed by atoms with van der Waals surface area (Å²) in [7, 11) is 0. The highest BCUT2D eigenvalue weighted by Crippen LogP contribution is 2.33. The van der Waals surface area contributed by atoms with Crippen LogP contribution in [0.2, 0.25) is 0 Å². The maximum absolute atomic E-state index is 4.84. The molecular weight excluding hydrogens is 330 g/mol. The molecule has 3 nitrogen and oxygen atoms in total. The zero-order chi connectivity index (χ0) is 18.1. The van der Waals surface area contributed by atoms with Crippen molar-refractivity contribution < 1.29 is 0 Å². The van der Waals surface area contributed by atoms with Crippen LogP contribution in [0.3, 0.4) is 0 Å². The van der Waals surface area contributed by atoms with Gasteiger partial charge in [0.1, 0.15) is 0 Å². The van der Waals surface area contributed by atoms with Crippen LogP contribution < -0.4 is 4.90 Å². The van der Waals surface area contributed by atoms with Crippen molar-refractivity contribution >= 4 is 11.6 Å². The summed E-state index contributed by atoms with van der Waals surface area (Å²) in [6.07, 6.45) is 2.89. The maximum atomic E-state index is 4.84. The Bertz CT molecular complexity index is 1070. The molecule has 0 spiro atoms. The van der Waals surface area contributed by atoms with Gasteiger partial charge in [-0.3, -0.25) is 0 Å². The van der Waals surface area contributed by atoms with Crippen molar-refractivity contribution in [2.45, 2.75) is 6.42 Å². The van der Waals surface area contributed by atoms with Crippen LogP contribution in [0.15, 0.2) is 91.1 Å². The molecule has 130 valence electrons. The van der Waals surface area contributed by atoms with E-state index in [1.807, 2.05) is 18.3 Å². The van der Waals surface area contributed by atoms with Gasteiger partial charge in [0.25, 0.3) is 0 Å². The van der Waals surface area contributed by atoms with Crippen LogP contribution in [0, 0.1) is 0 Å². The minimum Gasteiger partial charge on any atom is -0.310 e. The fourth-order valence-electron chi connectivity index (χ4n) is 3.65. The number of anilines is 2. The van der Waals surface area contributed by atoms with E-state index in [1.54, 1.807) is 0 Å². The summed E-state index contributed by atoms with van der Waals surface area (Å²) in [5.41, 5.74) is 7.06. The van der Waals surface area contributed by atoms with Gasteiger partial charge in [-0.25, -0.2) is 9.97 Å². The molecule has 0 saturated carbocycles. The largest absolute Gasteiger partial charge is 0.310 e. The van der Waals surface area contributed by atoms with Crippen LogP contribution in [-0.2, 0) is 6.42 Å². The number of hydrogen-bond acceptors (Lipinski definition) is 3. The van der Waals surface area contributed by atoms with Crippen LogP contribution in [0.5, 0.6) is 0 Å². The van der Waals surface area contributed by atoms with Gasteiger partial charge < -0.3 is 4.90 Å². The summed E-state index contributed by atoms with van der Waals surface area (Å²) in [5.74, 6) is 0.768. The Morgan fingerprint density at radius 1 is 0.667 bits per heavy atom. The molecule has 0 amide bonds. The number of benzene rings is 3. The van der Waals surface area contributed by atoms with Crippen LogP contribution in [-0.4, -0.2) is 16.5 Å². The van der Waals surface area contributed by atoms with Gasteiger partial charge in [-0.15, -0.1) is 0 Å². The lowest BCUT2D eigenvalue weighted by Gasteiger charge is -2.17. The lowest BCUT2D eigenvalue weighted by atomic mass is 10.0. The van der Waals surface area contributed by atoms with Crippen LogP contribution in [0.4, 0.5) is 11.6 Å². The highest BCUT2D eigenvalue weighted by molar-refractivity contribution is 5.70. The monoisotopic (exact) mass is 349 g/mol. The highest BCUT2D eigenvalue weighted by Gasteiger charge is 2.22. The number of hydrogen-bond donors (Lipinski definition) is 0. The van der Waals surface area contributed by atoms with E-state index >= 15 is 0 Å². The second-order valence-corrected chi connectivity index (χ2v) is 6.72. The van der Waals surface area contributed by atoms with Crippen molar-refractivity contribution in [3.05, 3.63) is 96.7 Å². The van der Waals surface area contributed by atoms with Gasteiger partial charge in [0, 0.05) is 24.0 Å². The molecule has 0 N–H and O–H groups in total. The van der Waals surface area contributed by atoms with Crippen molar-refractivity contribution in [3.8, 4) is 22.4 Å². The molecule has 0 atom stereocenters. The molecule has 4 aromatic rings. The zero-order valence-electron chi connectivity index (χ0n) is 14.9. The third-order valence-corrected chi connectivity index (χ3v) is 5.06. The summed E-state index contributed by atoms with van der Waals surface area (Å²) in [6, 6.07) is 29.5. The van der Waals surface area contributed by atoms with E-state index in [2.05, 4.69) is 82.7 Å². The summed E-state index contributed by atoms with van der Waals surface area (Å²) in [4.78, 5) is 11.6. The first-order chi connectivity index (χ1) is 13.4. The average molecular weight is 349 g/mol. The van der Waals surface area contributed by atoms with Crippen LogP contribution in [0.1, 0.15) is 5.56 Å². The molecule has 0 fully saturated rings. The third-order valence-electron chi connectivity index (χ3n) is 5.06. The maximum Gasteiger partial charge on any atom is 0.230 e. The number of aromatic nitrogens is 2. The number of rotatable bonds is 3. The molecule has 3 aromatic carbocycles. The Balaban J connectivity index is 1.46. The first-order valence-electron chi connectivity index (χ1n) is 9.23. The molecule has 27 heavy (non-hydrogen) atoms. The predicted molar refractivity (Wildman–Crippen MR) is 110 cm³/mol. The van der Waals surface area contributed by atoms with Crippen molar-refractivity contribution in [1.29, 1.82) is 0 Å². The smallest absolute Gasteiger partial charge is 0.230 e. The van der Waals surface area contributed by atoms with Gasteiger partial charge >= 0.3 is 0 Å². The summed E-state index contributed by atoms with van der Waals surface area (Å²) in [6.45, 7) is 0.926. The van der Waals surface area contributed by atoms with E-state index < -0.39 is 0 Å². The molecule has 0 radical (unpaired) electrons. The lowest BCUT2D eigenvalue weighted by Crippen LogP contribution is -2.16. The van der Waals surface area contributed by atoms with E-state index in [0.29, 0.717) is 0 Å². The molecule has 5 rings (SSSR count). The minimum absolute atomic E-state index is 0.768. The molecule has 1 aliphatic rings. The quantitative estimate of drug-likeness (QED) is 0.489. The number of nitrogens with zero attached hydrogens (tertiary/aromatic N) is 3. The number of fused-ring (bicyclic) bond motifs is 1. The topological polar surface area (TPSA) is 29.0 Å². The van der Waals surface area contributed by atoms with Gasteiger partial charge in [-0.1, -0.05) is 72.8 Å². The van der Waals surface area contributed by atoms with Crippen molar-refractivity contribution in [2.75, 3.05) is 11.4 Å². The van der Waals surface area contributed by atoms with Gasteiger partial charge in [0.2, 0.25) is 5.95 Å². The van der Waals surface area contributed by atoms with Crippen molar-refractivity contribution in [2.24, 2.45) is 0 Å². The molecule has 0 bridgehead atoms. The van der Waals surface area contributed by atoms with E-state index in [1.165, 1.54) is 22.4 Å². The summed E-state index contributed by atoms with van der Waals surface area (Å²) in [5, 5.41) is 0. The van der Waals surface area contributed by atoms with Crippen molar-refractivity contribution in [3.63, 3.8) is 0 Å². The average Bonchev–Trinajstić information content (AvgIpc) is 3.19. The Labute approximate surface area is 159 Å². The fourth-order valence-corrected chi connectivity index (χ4v) is 3.65. The second-order valence-electron chi connectivity index (χ2n) is 6.72. The molecule has 1 aliphatic heterocycles. The molecule has 2 heterocycles. The SMILES string of the molecule is c1ccc(-c2ccc(-c3ccnc(N4CCc5ccccc54)n3)cc2)cc1. The molecule has 0 unspecified atom stereocenters. The normalized spacial score (nSPS) is 12.8. The van der Waals surface area contributed by atoms with E-state index in [0.717, 1.165) is 30.2 Å². The lowest BCUT2D eigenvalue weighted by molar-refractivity contribution is 0.941. The van der Waals surface area contributed by atoms with Crippen LogP contribution >= 0.6 is 0 Å². The molecule has 3 heteroatoms. The molecule has 0 aliphatic carbocycles. The first kappa shape index (κ1) is 15.8. The third kappa shape index (κ3) is 2.97. The van der Waals surface area contributed by atoms with Gasteiger partial charge in [0.15, 0.2) is 0 Å². The van der Waals surface area contributed by atoms with Gasteiger partial charge in [-0.2, -0.15) is 0 Å². The Morgan fingerprint density at radius 2 is 1.37 bits per heavy atom. The summed E-state index contributed by atoms with van der Waals surface area (Å²) < 4.78 is 0. The van der Waals surface area contributed by atoms with E-state index in [9.17, 15) is 0 Å². The first-order valence-corrected chi connectivity index (χ1v) is 9.23. The fraction of sp³-hybridized carbons (Fsp3) is 0.0833. The summed E-state index contributed by atoms with van der Waals surface area (Å²) >= 11 is 0. The molecular formula is C24H19N3.